The Labute approximate surface area is 371 Å². The van der Waals surface area contributed by atoms with Crippen molar-refractivity contribution in [1.82, 2.24) is 0 Å². The van der Waals surface area contributed by atoms with E-state index >= 15 is 0 Å². The van der Waals surface area contributed by atoms with Gasteiger partial charge in [-0.3, -0.25) is 0 Å². The monoisotopic (exact) mass is 813 g/mol. The summed E-state index contributed by atoms with van der Waals surface area (Å²) in [5.41, 5.74) is 0. The van der Waals surface area contributed by atoms with Gasteiger partial charge in [-0.25, -0.2) is 0 Å². The molecule has 0 amide bonds. The molecule has 0 heteroatoms. The Morgan fingerprint density at radius 3 is 0.712 bits per heavy atom. The van der Waals surface area contributed by atoms with E-state index in [1.54, 1.807) is 64.2 Å². The number of allylic oxidation sites excluding steroid dienone is 3. The van der Waals surface area contributed by atoms with E-state index in [0.29, 0.717) is 0 Å². The first-order valence-corrected chi connectivity index (χ1v) is 27.8. The highest BCUT2D eigenvalue weighted by molar-refractivity contribution is 4.91. The van der Waals surface area contributed by atoms with Crippen molar-refractivity contribution in [3.63, 3.8) is 0 Å². The van der Waals surface area contributed by atoms with Crippen LogP contribution in [0.3, 0.4) is 0 Å². The molecule has 59 heavy (non-hydrogen) atoms. The summed E-state index contributed by atoms with van der Waals surface area (Å²) in [4.78, 5) is 0. The maximum Gasteiger partial charge on any atom is -0.0236 e. The summed E-state index contributed by atoms with van der Waals surface area (Å²) >= 11 is 0. The van der Waals surface area contributed by atoms with Crippen molar-refractivity contribution in [2.45, 2.75) is 252 Å². The second kappa shape index (κ2) is 28.1. The third-order valence-corrected chi connectivity index (χ3v) is 19.2. The van der Waals surface area contributed by atoms with Gasteiger partial charge in [0.05, 0.1) is 0 Å². The van der Waals surface area contributed by atoms with Crippen molar-refractivity contribution in [3.05, 3.63) is 38.0 Å². The molecule has 0 N–H and O–H groups in total. The van der Waals surface area contributed by atoms with Gasteiger partial charge >= 0.3 is 0 Å². The molecule has 7 fully saturated rings. The summed E-state index contributed by atoms with van der Waals surface area (Å²) in [6.07, 6.45) is 60.4. The molecule has 0 heterocycles. The maximum atomic E-state index is 4.00. The zero-order valence-electron chi connectivity index (χ0n) is 40.4. The first kappa shape index (κ1) is 49.2. The van der Waals surface area contributed by atoms with Crippen molar-refractivity contribution >= 4 is 0 Å². The van der Waals surface area contributed by atoms with Crippen molar-refractivity contribution in [1.29, 1.82) is 0 Å². The van der Waals surface area contributed by atoms with Crippen LogP contribution in [0.15, 0.2) is 38.0 Å². The molecule has 7 aliphatic rings. The Bertz CT molecular complexity index is 1060. The second-order valence-corrected chi connectivity index (χ2v) is 22.8. The zero-order valence-corrected chi connectivity index (χ0v) is 40.4. The van der Waals surface area contributed by atoms with Gasteiger partial charge in [-0.1, -0.05) is 129 Å². The first-order valence-electron chi connectivity index (χ1n) is 27.8. The lowest BCUT2D eigenvalue weighted by atomic mass is 9.65. The summed E-state index contributed by atoms with van der Waals surface area (Å²) in [6, 6.07) is 0. The van der Waals surface area contributed by atoms with Gasteiger partial charge in [0.25, 0.3) is 0 Å². The van der Waals surface area contributed by atoms with Gasteiger partial charge in [0.2, 0.25) is 0 Å². The molecule has 0 aliphatic heterocycles. The lowest BCUT2D eigenvalue weighted by molar-refractivity contribution is 0.107. The third kappa shape index (κ3) is 16.7. The quantitative estimate of drug-likeness (QED) is 0.114. The second-order valence-electron chi connectivity index (χ2n) is 22.8. The van der Waals surface area contributed by atoms with E-state index in [1.165, 1.54) is 167 Å². The molecule has 7 saturated carbocycles. The minimum absolute atomic E-state index is 0.834. The Kier molecular flexibility index (Phi) is 23.5. The molecule has 0 radical (unpaired) electrons. The third-order valence-electron chi connectivity index (χ3n) is 19.2. The predicted octanol–water partition coefficient (Wildman–Crippen LogP) is 19.3. The van der Waals surface area contributed by atoms with E-state index in [9.17, 15) is 0 Å². The van der Waals surface area contributed by atoms with Gasteiger partial charge in [0.15, 0.2) is 0 Å². The molecule has 0 saturated heterocycles. The molecule has 0 aromatic rings. The Morgan fingerprint density at radius 1 is 0.271 bits per heavy atom. The molecule has 340 valence electrons. The van der Waals surface area contributed by atoms with E-state index in [1.807, 2.05) is 0 Å². The summed E-state index contributed by atoms with van der Waals surface area (Å²) in [7, 11) is 0. The number of rotatable bonds is 15. The maximum absolute atomic E-state index is 4.00. The van der Waals surface area contributed by atoms with Gasteiger partial charge in [0.1, 0.15) is 0 Å². The van der Waals surface area contributed by atoms with Crippen LogP contribution in [0.1, 0.15) is 252 Å². The lowest BCUT2D eigenvalue weighted by Gasteiger charge is -2.41. The number of unbranched alkanes of at least 4 members (excludes halogenated alkanes) is 2. The van der Waals surface area contributed by atoms with Crippen LogP contribution in [-0.2, 0) is 0 Å². The Hall–Kier alpha value is -0.780. The summed E-state index contributed by atoms with van der Waals surface area (Å²) in [5, 5.41) is 0. The van der Waals surface area contributed by atoms with Gasteiger partial charge in [0, 0.05) is 0 Å². The zero-order chi connectivity index (χ0) is 41.7. The van der Waals surface area contributed by atoms with Crippen LogP contribution in [0.25, 0.3) is 0 Å². The molecule has 0 atom stereocenters. The highest BCUT2D eigenvalue weighted by atomic mass is 14.4. The standard InChI is InChI=1S/C23H40.C19H34.C17H30/c1-3-5-19-8-12-21(13-9-19)23-16-14-22(15-17-23)20-10-6-18(4-2)7-11-20;1-3-5-6-7-17-10-14-19(15-11-17)18-12-8-16(4-2)9-13-18;1-3-5-15-8-12-17(13-9-15)16-10-6-14(4-2)7-11-16/h4,18-23H,2-3,5-17H2,1H3;4,16-19H,2-3,5-15H2,1H3;4,14-17H,2-3,5-13H2,1H3. The van der Waals surface area contributed by atoms with E-state index in [-0.39, 0.29) is 0 Å². The van der Waals surface area contributed by atoms with Crippen molar-refractivity contribution in [2.24, 2.45) is 82.9 Å². The average Bonchev–Trinajstić information content (AvgIpc) is 3.31. The van der Waals surface area contributed by atoms with Gasteiger partial charge in [-0.15, -0.1) is 19.7 Å². The number of hydrogen-bond acceptors (Lipinski definition) is 0. The molecule has 7 rings (SSSR count). The SMILES string of the molecule is C=CC1CCC(C2CCC(C3CCC(CCC)CC3)CC2)CC1.C=CC1CCC(C2CCC(CCC)CC2)CC1.C=CC1CCC(C2CCC(CCCCC)CC2)CC1. The van der Waals surface area contributed by atoms with Crippen LogP contribution < -0.4 is 0 Å². The van der Waals surface area contributed by atoms with Crippen molar-refractivity contribution in [3.8, 4) is 0 Å². The summed E-state index contributed by atoms with van der Waals surface area (Å²) in [5.74, 6) is 14.3. The van der Waals surface area contributed by atoms with Crippen LogP contribution in [0.2, 0.25) is 0 Å². The molecule has 0 bridgehead atoms. The number of hydrogen-bond donors (Lipinski definition) is 0. The van der Waals surface area contributed by atoms with Gasteiger partial charge < -0.3 is 0 Å². The minimum atomic E-state index is 0.834. The Morgan fingerprint density at radius 2 is 0.492 bits per heavy atom. The van der Waals surface area contributed by atoms with Gasteiger partial charge in [-0.2, -0.15) is 0 Å². The average molecular weight is 813 g/mol. The van der Waals surface area contributed by atoms with Gasteiger partial charge in [-0.05, 0) is 224 Å². The fourth-order valence-corrected chi connectivity index (χ4v) is 15.0. The predicted molar refractivity (Wildman–Crippen MR) is 263 cm³/mol. The highest BCUT2D eigenvalue weighted by Gasteiger charge is 2.35. The fraction of sp³-hybridized carbons (Fsp3) is 0.898. The first-order chi connectivity index (χ1) is 29.0. The van der Waals surface area contributed by atoms with E-state index in [4.69, 9.17) is 0 Å². The Balaban J connectivity index is 0.000000170. The van der Waals surface area contributed by atoms with Crippen LogP contribution in [0.5, 0.6) is 0 Å². The van der Waals surface area contributed by atoms with E-state index in [0.717, 1.165) is 82.9 Å². The van der Waals surface area contributed by atoms with Crippen LogP contribution in [0, 0.1) is 82.9 Å². The molecule has 0 unspecified atom stereocenters. The topological polar surface area (TPSA) is 0 Å². The largest absolute Gasteiger partial charge is 0.103 e. The molecule has 0 aromatic carbocycles. The molecular formula is C59H104. The molecule has 0 spiro atoms. The summed E-state index contributed by atoms with van der Waals surface area (Å²) in [6.45, 7) is 18.9. The van der Waals surface area contributed by atoms with Crippen LogP contribution in [0.4, 0.5) is 0 Å². The van der Waals surface area contributed by atoms with Crippen LogP contribution in [-0.4, -0.2) is 0 Å². The van der Waals surface area contributed by atoms with E-state index < -0.39 is 0 Å². The lowest BCUT2D eigenvalue weighted by Crippen LogP contribution is -2.29. The summed E-state index contributed by atoms with van der Waals surface area (Å²) < 4.78 is 0. The van der Waals surface area contributed by atoms with Crippen LogP contribution >= 0.6 is 0 Å². The molecule has 7 aliphatic carbocycles. The molecule has 0 nitrogen and oxygen atoms in total. The molecule has 0 aromatic heterocycles. The highest BCUT2D eigenvalue weighted by Crippen LogP contribution is 2.47. The van der Waals surface area contributed by atoms with Crippen molar-refractivity contribution in [2.75, 3.05) is 0 Å². The van der Waals surface area contributed by atoms with Crippen molar-refractivity contribution < 1.29 is 0 Å². The fourth-order valence-electron chi connectivity index (χ4n) is 15.0. The smallest absolute Gasteiger partial charge is 0.0236 e. The van der Waals surface area contributed by atoms with E-state index in [2.05, 4.69) is 58.7 Å². The normalized spacial score (nSPS) is 39.3. The molecular weight excluding hydrogens is 709 g/mol. The minimum Gasteiger partial charge on any atom is -0.103 e.